The number of primary amides is 1. The van der Waals surface area contributed by atoms with Gasteiger partial charge in [-0.1, -0.05) is 25.5 Å². The van der Waals surface area contributed by atoms with Crippen molar-refractivity contribution >= 4 is 5.91 Å². The van der Waals surface area contributed by atoms with Gasteiger partial charge in [0.15, 0.2) is 11.5 Å². The molecule has 0 atom stereocenters. The largest absolute Gasteiger partial charge is 0.492 e. The number of ether oxygens (including phenoxy) is 3. The number of nitrogens with two attached hydrogens (primary N) is 1. The van der Waals surface area contributed by atoms with Gasteiger partial charge in [0.2, 0.25) is 11.7 Å². The summed E-state index contributed by atoms with van der Waals surface area (Å²) in [5, 5.41) is 0. The van der Waals surface area contributed by atoms with Crippen molar-refractivity contribution in [2.45, 2.75) is 26.2 Å². The SMILES string of the molecule is CCCCc1c(OC)c(OC)c(OC)c(-c2ccc(F)cc2)c1C(N)=O. The molecular formula is C20H24FNO4. The van der Waals surface area contributed by atoms with Crippen molar-refractivity contribution in [3.05, 3.63) is 41.2 Å². The highest BCUT2D eigenvalue weighted by Crippen LogP contribution is 2.49. The van der Waals surface area contributed by atoms with Crippen LogP contribution in [0.4, 0.5) is 4.39 Å². The Bertz CT molecular complexity index is 788. The van der Waals surface area contributed by atoms with E-state index in [9.17, 15) is 9.18 Å². The minimum absolute atomic E-state index is 0.305. The molecule has 0 saturated carbocycles. The highest BCUT2D eigenvalue weighted by atomic mass is 19.1. The predicted octanol–water partition coefficient (Wildman–Crippen LogP) is 3.96. The van der Waals surface area contributed by atoms with Crippen LogP contribution in [-0.2, 0) is 6.42 Å². The van der Waals surface area contributed by atoms with E-state index < -0.39 is 5.91 Å². The van der Waals surface area contributed by atoms with Crippen molar-refractivity contribution in [2.75, 3.05) is 21.3 Å². The van der Waals surface area contributed by atoms with Crippen LogP contribution in [0.2, 0.25) is 0 Å². The van der Waals surface area contributed by atoms with E-state index >= 15 is 0 Å². The molecule has 0 aliphatic carbocycles. The molecule has 0 aromatic heterocycles. The van der Waals surface area contributed by atoms with Gasteiger partial charge in [0.1, 0.15) is 5.82 Å². The van der Waals surface area contributed by atoms with Crippen molar-refractivity contribution in [2.24, 2.45) is 5.73 Å². The lowest BCUT2D eigenvalue weighted by Gasteiger charge is -2.23. The first-order valence-electron chi connectivity index (χ1n) is 8.40. The summed E-state index contributed by atoms with van der Waals surface area (Å²) in [4.78, 5) is 12.4. The molecule has 6 heteroatoms. The lowest BCUT2D eigenvalue weighted by Crippen LogP contribution is -2.18. The number of amides is 1. The number of hydrogen-bond acceptors (Lipinski definition) is 4. The molecule has 0 saturated heterocycles. The van der Waals surface area contributed by atoms with Crippen LogP contribution in [0.1, 0.15) is 35.7 Å². The Morgan fingerprint density at radius 3 is 2.04 bits per heavy atom. The molecule has 0 radical (unpaired) electrons. The fraction of sp³-hybridized carbons (Fsp3) is 0.350. The average Bonchev–Trinajstić information content (AvgIpc) is 2.64. The molecular weight excluding hydrogens is 337 g/mol. The maximum absolute atomic E-state index is 13.4. The summed E-state index contributed by atoms with van der Waals surface area (Å²) in [5.41, 5.74) is 7.78. The van der Waals surface area contributed by atoms with E-state index in [0.29, 0.717) is 45.9 Å². The van der Waals surface area contributed by atoms with Gasteiger partial charge in [-0.3, -0.25) is 4.79 Å². The third-order valence-electron chi connectivity index (χ3n) is 4.24. The van der Waals surface area contributed by atoms with E-state index in [1.165, 1.54) is 33.5 Å². The normalized spacial score (nSPS) is 10.5. The van der Waals surface area contributed by atoms with Crippen molar-refractivity contribution < 1.29 is 23.4 Å². The number of hydrogen-bond donors (Lipinski definition) is 1. The van der Waals surface area contributed by atoms with Gasteiger partial charge in [0.25, 0.3) is 0 Å². The van der Waals surface area contributed by atoms with Gasteiger partial charge in [-0.15, -0.1) is 0 Å². The monoisotopic (exact) mass is 361 g/mol. The van der Waals surface area contributed by atoms with Crippen LogP contribution in [-0.4, -0.2) is 27.2 Å². The molecule has 0 spiro atoms. The van der Waals surface area contributed by atoms with Gasteiger partial charge in [0, 0.05) is 11.1 Å². The van der Waals surface area contributed by atoms with Crippen molar-refractivity contribution in [3.8, 4) is 28.4 Å². The van der Waals surface area contributed by atoms with Crippen molar-refractivity contribution in [1.29, 1.82) is 0 Å². The first-order chi connectivity index (χ1) is 12.5. The second-order valence-electron chi connectivity index (χ2n) is 5.80. The summed E-state index contributed by atoms with van der Waals surface area (Å²) in [6.45, 7) is 2.05. The molecule has 2 aromatic rings. The van der Waals surface area contributed by atoms with E-state index in [2.05, 4.69) is 6.92 Å². The van der Waals surface area contributed by atoms with Crippen LogP contribution in [0.15, 0.2) is 24.3 Å². The lowest BCUT2D eigenvalue weighted by atomic mass is 9.90. The Kier molecular flexibility index (Phi) is 6.44. The van der Waals surface area contributed by atoms with Gasteiger partial charge in [-0.2, -0.15) is 0 Å². The van der Waals surface area contributed by atoms with E-state index in [0.717, 1.165) is 12.8 Å². The minimum Gasteiger partial charge on any atom is -0.492 e. The molecule has 0 unspecified atom stereocenters. The number of methoxy groups -OCH3 is 3. The Hall–Kier alpha value is -2.76. The summed E-state index contributed by atoms with van der Waals surface area (Å²) in [6.07, 6.45) is 2.36. The Balaban J connectivity index is 2.94. The first kappa shape index (κ1) is 19.6. The summed E-state index contributed by atoms with van der Waals surface area (Å²) < 4.78 is 30.0. The van der Waals surface area contributed by atoms with Crippen LogP contribution in [0.5, 0.6) is 17.2 Å². The molecule has 0 fully saturated rings. The maximum Gasteiger partial charge on any atom is 0.249 e. The van der Waals surface area contributed by atoms with Crippen LogP contribution in [0.3, 0.4) is 0 Å². The third-order valence-corrected chi connectivity index (χ3v) is 4.24. The molecule has 1 amide bonds. The lowest BCUT2D eigenvalue weighted by molar-refractivity contribution is 0.0999. The number of carbonyl (C=O) groups is 1. The van der Waals surface area contributed by atoms with Crippen LogP contribution in [0, 0.1) is 5.82 Å². The summed E-state index contributed by atoms with van der Waals surface area (Å²) in [5.74, 6) is 0.155. The van der Waals surface area contributed by atoms with Gasteiger partial charge in [-0.05, 0) is 30.5 Å². The van der Waals surface area contributed by atoms with Gasteiger partial charge < -0.3 is 19.9 Å². The molecule has 0 heterocycles. The molecule has 140 valence electrons. The van der Waals surface area contributed by atoms with Gasteiger partial charge >= 0.3 is 0 Å². The molecule has 0 bridgehead atoms. The molecule has 2 rings (SSSR count). The smallest absolute Gasteiger partial charge is 0.249 e. The standard InChI is InChI=1S/C20H24FNO4/c1-5-6-7-14-16(20(22)23)15(12-8-10-13(21)11-9-12)18(25-3)19(26-4)17(14)24-2/h8-11H,5-7H2,1-4H3,(H2,22,23). The van der Waals surface area contributed by atoms with Crippen molar-refractivity contribution in [3.63, 3.8) is 0 Å². The average molecular weight is 361 g/mol. The molecule has 5 nitrogen and oxygen atoms in total. The Labute approximate surface area is 152 Å². The summed E-state index contributed by atoms with van der Waals surface area (Å²) >= 11 is 0. The number of carbonyl (C=O) groups excluding carboxylic acids is 1. The predicted molar refractivity (Wildman–Crippen MR) is 98.6 cm³/mol. The second-order valence-corrected chi connectivity index (χ2v) is 5.80. The molecule has 0 aliphatic rings. The van der Waals surface area contributed by atoms with Crippen LogP contribution < -0.4 is 19.9 Å². The van der Waals surface area contributed by atoms with E-state index in [4.69, 9.17) is 19.9 Å². The fourth-order valence-electron chi connectivity index (χ4n) is 3.08. The van der Waals surface area contributed by atoms with Gasteiger partial charge in [0.05, 0.1) is 26.9 Å². The highest BCUT2D eigenvalue weighted by molar-refractivity contribution is 6.05. The van der Waals surface area contributed by atoms with E-state index in [1.807, 2.05) is 0 Å². The number of benzene rings is 2. The van der Waals surface area contributed by atoms with Crippen LogP contribution >= 0.6 is 0 Å². The van der Waals surface area contributed by atoms with Crippen molar-refractivity contribution in [1.82, 2.24) is 0 Å². The topological polar surface area (TPSA) is 70.8 Å². The number of unbranched alkanes of at least 4 members (excludes halogenated alkanes) is 1. The summed E-state index contributed by atoms with van der Waals surface area (Å²) in [7, 11) is 4.48. The van der Waals surface area contributed by atoms with E-state index in [-0.39, 0.29) is 5.82 Å². The molecule has 2 N–H and O–H groups in total. The van der Waals surface area contributed by atoms with Gasteiger partial charge in [-0.25, -0.2) is 4.39 Å². The number of rotatable bonds is 8. The quantitative estimate of drug-likeness (QED) is 0.772. The minimum atomic E-state index is -0.602. The number of halogens is 1. The molecule has 26 heavy (non-hydrogen) atoms. The van der Waals surface area contributed by atoms with Crippen LogP contribution in [0.25, 0.3) is 11.1 Å². The second kappa shape index (κ2) is 8.56. The maximum atomic E-state index is 13.4. The zero-order valence-electron chi connectivity index (χ0n) is 15.5. The zero-order valence-corrected chi connectivity index (χ0v) is 15.5. The fourth-order valence-corrected chi connectivity index (χ4v) is 3.08. The highest BCUT2D eigenvalue weighted by Gasteiger charge is 2.29. The van der Waals surface area contributed by atoms with E-state index in [1.54, 1.807) is 12.1 Å². The Morgan fingerprint density at radius 1 is 1.00 bits per heavy atom. The summed E-state index contributed by atoms with van der Waals surface area (Å²) in [6, 6.07) is 5.80. The first-order valence-corrected chi connectivity index (χ1v) is 8.40. The molecule has 0 aliphatic heterocycles. The molecule has 2 aromatic carbocycles. The Morgan fingerprint density at radius 2 is 1.58 bits per heavy atom. The third kappa shape index (κ3) is 3.59. The zero-order chi connectivity index (χ0) is 19.3.